The number of hydrogen-bond donors (Lipinski definition) is 3. The van der Waals surface area contributed by atoms with Crippen LogP contribution in [-0.2, 0) is 0 Å². The van der Waals surface area contributed by atoms with Crippen molar-refractivity contribution in [2.75, 3.05) is 39.3 Å². The Kier molecular flexibility index (Phi) is 7.76. The van der Waals surface area contributed by atoms with E-state index in [1.165, 1.54) is 32.4 Å². The summed E-state index contributed by atoms with van der Waals surface area (Å²) in [4.78, 5) is 13.9. The van der Waals surface area contributed by atoms with Gasteiger partial charge in [0.2, 0.25) is 0 Å². The molecule has 1 fully saturated rings. The fourth-order valence-electron chi connectivity index (χ4n) is 2.26. The van der Waals surface area contributed by atoms with Crippen LogP contribution in [0, 0.1) is 5.92 Å². The minimum atomic E-state index is -0.131. The van der Waals surface area contributed by atoms with Crippen molar-refractivity contribution < 1.29 is 9.90 Å². The molecule has 1 heterocycles. The summed E-state index contributed by atoms with van der Waals surface area (Å²) < 4.78 is 0. The molecule has 1 atom stereocenters. The summed E-state index contributed by atoms with van der Waals surface area (Å²) >= 11 is 0. The number of nitrogens with one attached hydrogen (secondary N) is 2. The molecule has 5 nitrogen and oxygen atoms in total. The van der Waals surface area contributed by atoms with Crippen molar-refractivity contribution in [1.29, 1.82) is 0 Å². The Labute approximate surface area is 110 Å². The zero-order valence-electron chi connectivity index (χ0n) is 11.5. The molecule has 0 saturated carbocycles. The van der Waals surface area contributed by atoms with Crippen LogP contribution < -0.4 is 10.6 Å². The van der Waals surface area contributed by atoms with Crippen LogP contribution in [0.15, 0.2) is 0 Å². The van der Waals surface area contributed by atoms with Gasteiger partial charge in [0.1, 0.15) is 0 Å². The third-order valence-corrected chi connectivity index (χ3v) is 3.25. The molecule has 1 rings (SSSR count). The maximum absolute atomic E-state index is 11.4. The first-order chi connectivity index (χ1) is 8.72. The van der Waals surface area contributed by atoms with Crippen LogP contribution in [0.3, 0.4) is 0 Å². The topological polar surface area (TPSA) is 64.6 Å². The van der Waals surface area contributed by atoms with Gasteiger partial charge in [-0.1, -0.05) is 13.3 Å². The molecule has 0 aromatic carbocycles. The third-order valence-electron chi connectivity index (χ3n) is 3.25. The molecule has 1 aliphatic rings. The highest BCUT2D eigenvalue weighted by Gasteiger charge is 2.13. The molecule has 1 saturated heterocycles. The molecule has 0 spiro atoms. The van der Waals surface area contributed by atoms with E-state index in [1.54, 1.807) is 0 Å². The number of hydrogen-bond acceptors (Lipinski definition) is 3. The number of amides is 2. The average molecular weight is 257 g/mol. The fourth-order valence-corrected chi connectivity index (χ4v) is 2.26. The van der Waals surface area contributed by atoms with Crippen LogP contribution in [0.5, 0.6) is 0 Å². The van der Waals surface area contributed by atoms with Gasteiger partial charge in [-0.15, -0.1) is 0 Å². The minimum absolute atomic E-state index is 0.117. The van der Waals surface area contributed by atoms with Crippen LogP contribution in [0.25, 0.3) is 0 Å². The van der Waals surface area contributed by atoms with Gasteiger partial charge in [-0.25, -0.2) is 4.79 Å². The van der Waals surface area contributed by atoms with Crippen molar-refractivity contribution in [1.82, 2.24) is 15.5 Å². The van der Waals surface area contributed by atoms with Crippen molar-refractivity contribution >= 4 is 6.03 Å². The molecule has 0 bridgehead atoms. The van der Waals surface area contributed by atoms with Gasteiger partial charge in [0.25, 0.3) is 0 Å². The highest BCUT2D eigenvalue weighted by atomic mass is 16.3. The van der Waals surface area contributed by atoms with Gasteiger partial charge >= 0.3 is 6.03 Å². The summed E-state index contributed by atoms with van der Waals surface area (Å²) in [6.45, 7) is 7.00. The molecule has 5 heteroatoms. The smallest absolute Gasteiger partial charge is 0.314 e. The molecule has 1 aliphatic heterocycles. The monoisotopic (exact) mass is 257 g/mol. The van der Waals surface area contributed by atoms with E-state index in [1.807, 2.05) is 0 Å². The van der Waals surface area contributed by atoms with E-state index in [4.69, 9.17) is 5.11 Å². The lowest BCUT2D eigenvalue weighted by atomic mass is 10.1. The van der Waals surface area contributed by atoms with Gasteiger partial charge in [-0.05, 0) is 38.3 Å². The Balaban J connectivity index is 2.04. The quantitative estimate of drug-likeness (QED) is 0.591. The zero-order valence-corrected chi connectivity index (χ0v) is 11.5. The molecule has 18 heavy (non-hydrogen) atoms. The summed E-state index contributed by atoms with van der Waals surface area (Å²) in [5.74, 6) is 0.478. The number of aliphatic hydroxyl groups excluding tert-OH is 1. The third kappa shape index (κ3) is 6.81. The van der Waals surface area contributed by atoms with Crippen molar-refractivity contribution in [3.05, 3.63) is 0 Å². The summed E-state index contributed by atoms with van der Waals surface area (Å²) in [6.07, 6.45) is 4.58. The standard InChI is InChI=1S/C13H27N3O2/c1-12(11-16-7-3-2-4-8-16)10-15-13(18)14-6-5-9-17/h12,17H,2-11H2,1H3,(H2,14,15,18). The summed E-state index contributed by atoms with van der Waals surface area (Å²) in [6, 6.07) is -0.131. The number of likely N-dealkylation sites (tertiary alicyclic amines) is 1. The van der Waals surface area contributed by atoms with Gasteiger partial charge < -0.3 is 20.6 Å². The molecule has 0 aromatic rings. The summed E-state index contributed by atoms with van der Waals surface area (Å²) in [5.41, 5.74) is 0. The molecular weight excluding hydrogens is 230 g/mol. The predicted molar refractivity (Wildman–Crippen MR) is 72.6 cm³/mol. The van der Waals surface area contributed by atoms with E-state index in [0.717, 1.165) is 6.54 Å². The van der Waals surface area contributed by atoms with Crippen LogP contribution in [0.2, 0.25) is 0 Å². The molecule has 0 aliphatic carbocycles. The van der Waals surface area contributed by atoms with E-state index in [-0.39, 0.29) is 12.6 Å². The largest absolute Gasteiger partial charge is 0.396 e. The molecule has 1 unspecified atom stereocenters. The molecule has 3 N–H and O–H groups in total. The number of aliphatic hydroxyl groups is 1. The predicted octanol–water partition coefficient (Wildman–Crippen LogP) is 0.790. The van der Waals surface area contributed by atoms with Crippen molar-refractivity contribution in [3.63, 3.8) is 0 Å². The SMILES string of the molecule is CC(CNC(=O)NCCCO)CN1CCCCC1. The maximum atomic E-state index is 11.4. The maximum Gasteiger partial charge on any atom is 0.314 e. The lowest BCUT2D eigenvalue weighted by Crippen LogP contribution is -2.41. The second-order valence-corrected chi connectivity index (χ2v) is 5.18. The van der Waals surface area contributed by atoms with E-state index in [9.17, 15) is 4.79 Å². The second-order valence-electron chi connectivity index (χ2n) is 5.18. The molecular formula is C13H27N3O2. The number of carbonyl (C=O) groups excluding carboxylic acids is 1. The van der Waals surface area contributed by atoms with Crippen molar-refractivity contribution in [2.45, 2.75) is 32.6 Å². The normalized spacial score (nSPS) is 18.3. The van der Waals surface area contributed by atoms with Crippen molar-refractivity contribution in [2.24, 2.45) is 5.92 Å². The van der Waals surface area contributed by atoms with E-state index in [0.29, 0.717) is 25.4 Å². The van der Waals surface area contributed by atoms with Gasteiger partial charge in [0.15, 0.2) is 0 Å². The van der Waals surface area contributed by atoms with E-state index < -0.39 is 0 Å². The molecule has 0 aromatic heterocycles. The summed E-state index contributed by atoms with van der Waals surface area (Å²) in [5, 5.41) is 14.2. The number of piperidine rings is 1. The van der Waals surface area contributed by atoms with Gasteiger partial charge in [0.05, 0.1) is 0 Å². The fraction of sp³-hybridized carbons (Fsp3) is 0.923. The van der Waals surface area contributed by atoms with Gasteiger partial charge in [-0.2, -0.15) is 0 Å². The Morgan fingerprint density at radius 1 is 1.28 bits per heavy atom. The van der Waals surface area contributed by atoms with E-state index >= 15 is 0 Å². The number of carbonyl (C=O) groups is 1. The number of urea groups is 1. The minimum Gasteiger partial charge on any atom is -0.396 e. The second kappa shape index (κ2) is 9.16. The van der Waals surface area contributed by atoms with Crippen LogP contribution >= 0.6 is 0 Å². The first kappa shape index (κ1) is 15.2. The van der Waals surface area contributed by atoms with Gasteiger partial charge in [0, 0.05) is 26.2 Å². The highest BCUT2D eigenvalue weighted by Crippen LogP contribution is 2.10. The lowest BCUT2D eigenvalue weighted by Gasteiger charge is -2.29. The lowest BCUT2D eigenvalue weighted by molar-refractivity contribution is 0.197. The van der Waals surface area contributed by atoms with E-state index in [2.05, 4.69) is 22.5 Å². The van der Waals surface area contributed by atoms with Crippen LogP contribution in [-0.4, -0.2) is 55.4 Å². The van der Waals surface area contributed by atoms with Crippen LogP contribution in [0.1, 0.15) is 32.6 Å². The zero-order chi connectivity index (χ0) is 13.2. The number of rotatable bonds is 7. The van der Waals surface area contributed by atoms with Crippen LogP contribution in [0.4, 0.5) is 4.79 Å². The Morgan fingerprint density at radius 2 is 2.00 bits per heavy atom. The average Bonchev–Trinajstić information content (AvgIpc) is 2.38. The molecule has 2 amide bonds. The van der Waals surface area contributed by atoms with Gasteiger partial charge in [-0.3, -0.25) is 0 Å². The van der Waals surface area contributed by atoms with Crippen molar-refractivity contribution in [3.8, 4) is 0 Å². The summed E-state index contributed by atoms with van der Waals surface area (Å²) in [7, 11) is 0. The Bertz CT molecular complexity index is 230. The first-order valence-corrected chi connectivity index (χ1v) is 7.07. The number of nitrogens with zero attached hydrogens (tertiary/aromatic N) is 1. The molecule has 0 radical (unpaired) electrons. The Morgan fingerprint density at radius 3 is 2.67 bits per heavy atom. The first-order valence-electron chi connectivity index (χ1n) is 7.07. The Hall–Kier alpha value is -0.810. The highest BCUT2D eigenvalue weighted by molar-refractivity contribution is 5.73. The molecule has 106 valence electrons.